The Bertz CT molecular complexity index is 252. The maximum absolute atomic E-state index is 11.6. The summed E-state index contributed by atoms with van der Waals surface area (Å²) in [5, 5.41) is 5.60. The number of carbonyl (C=O) groups is 2. The zero-order valence-corrected chi connectivity index (χ0v) is 10.8. The highest BCUT2D eigenvalue weighted by Gasteiger charge is 2.34. The molecule has 0 radical (unpaired) electrons. The number of hydrogen-bond donors (Lipinski definition) is 3. The molecular weight excluding hydrogens is 222 g/mol. The van der Waals surface area contributed by atoms with Gasteiger partial charge >= 0.3 is 0 Å². The standard InChI is InChI=1S/C11H23N3O3/c1-4-11(5-2,10(12)16)14-9(15)8-13-6-7-17-3/h13H,4-8H2,1-3H3,(H2,12,16)(H,14,15). The van der Waals surface area contributed by atoms with Crippen molar-refractivity contribution in [3.63, 3.8) is 0 Å². The van der Waals surface area contributed by atoms with Gasteiger partial charge in [-0.2, -0.15) is 0 Å². The average molecular weight is 245 g/mol. The second kappa shape index (κ2) is 8.03. The summed E-state index contributed by atoms with van der Waals surface area (Å²) in [5.74, 6) is -0.726. The van der Waals surface area contributed by atoms with E-state index in [0.717, 1.165) is 0 Å². The summed E-state index contributed by atoms with van der Waals surface area (Å²) in [7, 11) is 1.59. The first-order valence-electron chi connectivity index (χ1n) is 5.83. The van der Waals surface area contributed by atoms with E-state index >= 15 is 0 Å². The molecule has 0 aliphatic heterocycles. The van der Waals surface area contributed by atoms with Gasteiger partial charge in [0.1, 0.15) is 5.54 Å². The van der Waals surface area contributed by atoms with Crippen molar-refractivity contribution in [3.05, 3.63) is 0 Å². The van der Waals surface area contributed by atoms with Crippen LogP contribution in [-0.2, 0) is 14.3 Å². The number of hydrogen-bond acceptors (Lipinski definition) is 4. The lowest BCUT2D eigenvalue weighted by atomic mass is 9.92. The fourth-order valence-electron chi connectivity index (χ4n) is 1.52. The first-order valence-corrected chi connectivity index (χ1v) is 5.83. The van der Waals surface area contributed by atoms with Crippen LogP contribution in [-0.4, -0.2) is 44.2 Å². The third-order valence-electron chi connectivity index (χ3n) is 2.83. The molecule has 4 N–H and O–H groups in total. The summed E-state index contributed by atoms with van der Waals surface area (Å²) in [6.07, 6.45) is 0.977. The summed E-state index contributed by atoms with van der Waals surface area (Å²) in [5.41, 5.74) is 4.39. The van der Waals surface area contributed by atoms with Crippen LogP contribution in [0.5, 0.6) is 0 Å². The summed E-state index contributed by atoms with van der Waals surface area (Å²) < 4.78 is 4.84. The van der Waals surface area contributed by atoms with Crippen LogP contribution < -0.4 is 16.4 Å². The molecule has 0 saturated carbocycles. The van der Waals surface area contributed by atoms with Crippen molar-refractivity contribution in [2.75, 3.05) is 26.8 Å². The molecule has 0 spiro atoms. The Labute approximate surface area is 102 Å². The molecule has 17 heavy (non-hydrogen) atoms. The molecule has 0 bridgehead atoms. The Morgan fingerprint density at radius 3 is 2.29 bits per heavy atom. The maximum atomic E-state index is 11.6. The smallest absolute Gasteiger partial charge is 0.243 e. The second-order valence-corrected chi connectivity index (χ2v) is 3.87. The molecule has 0 rings (SSSR count). The van der Waals surface area contributed by atoms with E-state index in [2.05, 4.69) is 10.6 Å². The maximum Gasteiger partial charge on any atom is 0.243 e. The molecule has 0 aromatic heterocycles. The van der Waals surface area contributed by atoms with Gasteiger partial charge in [0.25, 0.3) is 0 Å². The first kappa shape index (κ1) is 15.9. The van der Waals surface area contributed by atoms with Gasteiger partial charge in [0.15, 0.2) is 0 Å². The summed E-state index contributed by atoms with van der Waals surface area (Å²) in [4.78, 5) is 23.0. The summed E-state index contributed by atoms with van der Waals surface area (Å²) in [6, 6.07) is 0. The fourth-order valence-corrected chi connectivity index (χ4v) is 1.52. The molecule has 0 fully saturated rings. The van der Waals surface area contributed by atoms with Crippen molar-refractivity contribution in [1.29, 1.82) is 0 Å². The molecule has 100 valence electrons. The van der Waals surface area contributed by atoms with Crippen LogP contribution in [0.15, 0.2) is 0 Å². The zero-order chi connectivity index (χ0) is 13.3. The lowest BCUT2D eigenvalue weighted by Gasteiger charge is -2.29. The lowest BCUT2D eigenvalue weighted by Crippen LogP contribution is -2.58. The molecular formula is C11H23N3O3. The van der Waals surface area contributed by atoms with Crippen molar-refractivity contribution < 1.29 is 14.3 Å². The molecule has 0 unspecified atom stereocenters. The third-order valence-corrected chi connectivity index (χ3v) is 2.83. The van der Waals surface area contributed by atoms with Gasteiger partial charge in [0, 0.05) is 13.7 Å². The van der Waals surface area contributed by atoms with Crippen molar-refractivity contribution in [1.82, 2.24) is 10.6 Å². The van der Waals surface area contributed by atoms with Gasteiger partial charge in [0.2, 0.25) is 11.8 Å². The quantitative estimate of drug-likeness (QED) is 0.472. The number of carbonyl (C=O) groups excluding carboxylic acids is 2. The van der Waals surface area contributed by atoms with Gasteiger partial charge in [-0.25, -0.2) is 0 Å². The van der Waals surface area contributed by atoms with E-state index in [9.17, 15) is 9.59 Å². The van der Waals surface area contributed by atoms with Gasteiger partial charge in [0.05, 0.1) is 13.2 Å². The molecule has 0 aromatic rings. The average Bonchev–Trinajstić information content (AvgIpc) is 2.31. The van der Waals surface area contributed by atoms with Crippen molar-refractivity contribution in [2.24, 2.45) is 5.73 Å². The Morgan fingerprint density at radius 1 is 1.29 bits per heavy atom. The normalized spacial score (nSPS) is 11.2. The Morgan fingerprint density at radius 2 is 1.88 bits per heavy atom. The predicted octanol–water partition coefficient (Wildman–Crippen LogP) is -0.617. The van der Waals surface area contributed by atoms with Crippen LogP contribution in [0, 0.1) is 0 Å². The van der Waals surface area contributed by atoms with E-state index in [0.29, 0.717) is 26.0 Å². The minimum Gasteiger partial charge on any atom is -0.383 e. The molecule has 0 heterocycles. The Kier molecular flexibility index (Phi) is 7.49. The van der Waals surface area contributed by atoms with Gasteiger partial charge in [-0.1, -0.05) is 13.8 Å². The highest BCUT2D eigenvalue weighted by atomic mass is 16.5. The fraction of sp³-hybridized carbons (Fsp3) is 0.818. The number of ether oxygens (including phenoxy) is 1. The van der Waals surface area contributed by atoms with E-state index < -0.39 is 11.4 Å². The molecule has 0 aliphatic carbocycles. The minimum atomic E-state index is -0.931. The lowest BCUT2D eigenvalue weighted by molar-refractivity contribution is -0.131. The number of rotatable bonds is 9. The third kappa shape index (κ3) is 5.14. The molecule has 2 amide bonds. The largest absolute Gasteiger partial charge is 0.383 e. The number of primary amides is 1. The Hall–Kier alpha value is -1.14. The van der Waals surface area contributed by atoms with Gasteiger partial charge in [-0.15, -0.1) is 0 Å². The van der Waals surface area contributed by atoms with E-state index in [1.807, 2.05) is 13.8 Å². The van der Waals surface area contributed by atoms with E-state index in [1.54, 1.807) is 7.11 Å². The van der Waals surface area contributed by atoms with Crippen LogP contribution in [0.2, 0.25) is 0 Å². The minimum absolute atomic E-state index is 0.151. The molecule has 0 saturated heterocycles. The van der Waals surface area contributed by atoms with E-state index in [-0.39, 0.29) is 12.5 Å². The number of methoxy groups -OCH3 is 1. The predicted molar refractivity (Wildman–Crippen MR) is 65.4 cm³/mol. The molecule has 0 aromatic carbocycles. The highest BCUT2D eigenvalue weighted by molar-refractivity contribution is 5.90. The Balaban J connectivity index is 4.18. The van der Waals surface area contributed by atoms with Crippen LogP contribution in [0.4, 0.5) is 0 Å². The number of amides is 2. The van der Waals surface area contributed by atoms with Crippen LogP contribution >= 0.6 is 0 Å². The zero-order valence-electron chi connectivity index (χ0n) is 10.8. The van der Waals surface area contributed by atoms with E-state index in [4.69, 9.17) is 10.5 Å². The van der Waals surface area contributed by atoms with Crippen LogP contribution in [0.1, 0.15) is 26.7 Å². The van der Waals surface area contributed by atoms with Crippen LogP contribution in [0.3, 0.4) is 0 Å². The highest BCUT2D eigenvalue weighted by Crippen LogP contribution is 2.13. The molecule has 0 aliphatic rings. The molecule has 6 nitrogen and oxygen atoms in total. The molecule has 6 heteroatoms. The topological polar surface area (TPSA) is 93.4 Å². The van der Waals surface area contributed by atoms with Crippen LogP contribution in [0.25, 0.3) is 0 Å². The second-order valence-electron chi connectivity index (χ2n) is 3.87. The number of nitrogens with one attached hydrogen (secondary N) is 2. The van der Waals surface area contributed by atoms with Gasteiger partial charge in [-0.3, -0.25) is 9.59 Å². The first-order chi connectivity index (χ1) is 8.02. The van der Waals surface area contributed by atoms with Crippen molar-refractivity contribution in [3.8, 4) is 0 Å². The summed E-state index contributed by atoms with van der Waals surface area (Å²) in [6.45, 7) is 4.93. The SMILES string of the molecule is CCC(CC)(NC(=O)CNCCOC)C(N)=O. The molecule has 0 atom stereocenters. The van der Waals surface area contributed by atoms with E-state index in [1.165, 1.54) is 0 Å². The monoisotopic (exact) mass is 245 g/mol. The van der Waals surface area contributed by atoms with Crippen molar-refractivity contribution in [2.45, 2.75) is 32.2 Å². The van der Waals surface area contributed by atoms with Gasteiger partial charge in [-0.05, 0) is 12.8 Å². The van der Waals surface area contributed by atoms with Crippen molar-refractivity contribution >= 4 is 11.8 Å². The number of nitrogens with two attached hydrogens (primary N) is 1. The van der Waals surface area contributed by atoms with Gasteiger partial charge < -0.3 is 21.1 Å². The summed E-state index contributed by atoms with van der Waals surface area (Å²) >= 11 is 0.